The Morgan fingerprint density at radius 2 is 1.89 bits per heavy atom. The van der Waals surface area contributed by atoms with Crippen molar-refractivity contribution in [1.29, 1.82) is 0 Å². The third kappa shape index (κ3) is 11.6. The van der Waals surface area contributed by atoms with Gasteiger partial charge in [-0.3, -0.25) is 0 Å². The zero-order chi connectivity index (χ0) is 20.7. The van der Waals surface area contributed by atoms with Crippen LogP contribution in [0.25, 0.3) is 0 Å². The largest absolute Gasteiger partial charge is 0.493 e. The highest BCUT2D eigenvalue weighted by molar-refractivity contribution is 6.27. The molecule has 0 saturated carbocycles. The first kappa shape index (κ1) is 24.5. The lowest BCUT2D eigenvalue weighted by atomic mass is 10.1. The first-order chi connectivity index (χ1) is 12.8. The monoisotopic (exact) mass is 381 g/mol. The van der Waals surface area contributed by atoms with E-state index in [9.17, 15) is 0 Å². The van der Waals surface area contributed by atoms with Crippen molar-refractivity contribution in [3.8, 4) is 11.5 Å². The highest BCUT2D eigenvalue weighted by Gasteiger charge is 2.05. The maximum Gasteiger partial charge on any atom is 0.414 e. The van der Waals surface area contributed by atoms with Gasteiger partial charge in [0.2, 0.25) is 0 Å². The van der Waals surface area contributed by atoms with E-state index in [1.165, 1.54) is 12.0 Å². The predicted molar refractivity (Wildman–Crippen MR) is 105 cm³/mol. The first-order valence-corrected chi connectivity index (χ1v) is 8.95. The van der Waals surface area contributed by atoms with E-state index in [0.717, 1.165) is 43.9 Å². The van der Waals surface area contributed by atoms with Gasteiger partial charge in [-0.25, -0.2) is 9.59 Å². The van der Waals surface area contributed by atoms with Gasteiger partial charge in [-0.05, 0) is 56.8 Å². The number of hydrogen-bond donors (Lipinski definition) is 3. The second-order valence-electron chi connectivity index (χ2n) is 5.91. The molecule has 27 heavy (non-hydrogen) atoms. The third-order valence-corrected chi connectivity index (χ3v) is 3.72. The molecule has 1 rings (SSSR count). The van der Waals surface area contributed by atoms with Crippen molar-refractivity contribution in [3.05, 3.63) is 36.4 Å². The van der Waals surface area contributed by atoms with Crippen LogP contribution in [-0.2, 0) is 16.0 Å². The molecule has 7 heteroatoms. The summed E-state index contributed by atoms with van der Waals surface area (Å²) in [6.45, 7) is 9.94. The van der Waals surface area contributed by atoms with E-state index in [2.05, 4.69) is 31.8 Å². The van der Waals surface area contributed by atoms with Gasteiger partial charge in [-0.1, -0.05) is 19.1 Å². The maximum atomic E-state index is 9.10. The number of unbranched alkanes of at least 4 members (excludes halogenated alkanes) is 1. The Bertz CT molecular complexity index is 576. The number of carbonyl (C=O) groups is 2. The van der Waals surface area contributed by atoms with E-state index < -0.39 is 11.9 Å². The standard InChI is InChI=1S/C18H29NO2.C2H2O4/c1-5-9-16-10-11-17(18(14-16)20-4)21-13-8-7-12-19-15(3)6-2;3-1(4)2(5)6/h5,10-11,14-15,19H,1,6-9,12-13H2,2-4H3;(H,3,4)(H,5,6). The van der Waals surface area contributed by atoms with Gasteiger partial charge < -0.3 is 25.0 Å². The van der Waals surface area contributed by atoms with Crippen LogP contribution in [0, 0.1) is 0 Å². The molecule has 3 N–H and O–H groups in total. The van der Waals surface area contributed by atoms with Gasteiger partial charge in [0, 0.05) is 6.04 Å². The molecule has 0 radical (unpaired) electrons. The highest BCUT2D eigenvalue weighted by Crippen LogP contribution is 2.28. The van der Waals surface area contributed by atoms with Gasteiger partial charge >= 0.3 is 11.9 Å². The van der Waals surface area contributed by atoms with Crippen LogP contribution in [0.4, 0.5) is 0 Å². The molecule has 0 bridgehead atoms. The van der Waals surface area contributed by atoms with E-state index >= 15 is 0 Å². The van der Waals surface area contributed by atoms with Crippen LogP contribution in [0.1, 0.15) is 38.7 Å². The van der Waals surface area contributed by atoms with Gasteiger partial charge in [-0.15, -0.1) is 6.58 Å². The fraction of sp³-hybridized carbons (Fsp3) is 0.500. The Balaban J connectivity index is 0.000000972. The van der Waals surface area contributed by atoms with Crippen LogP contribution in [0.5, 0.6) is 11.5 Å². The number of hydrogen-bond acceptors (Lipinski definition) is 5. The molecule has 0 aromatic heterocycles. The second kappa shape index (κ2) is 14.6. The Labute approximate surface area is 161 Å². The number of carboxylic acid groups (broad SMARTS) is 2. The number of allylic oxidation sites excluding steroid dienone is 1. The van der Waals surface area contributed by atoms with Crippen molar-refractivity contribution >= 4 is 11.9 Å². The van der Waals surface area contributed by atoms with E-state index in [1.54, 1.807) is 7.11 Å². The average molecular weight is 381 g/mol. The van der Waals surface area contributed by atoms with Crippen molar-refractivity contribution in [1.82, 2.24) is 5.32 Å². The molecule has 0 saturated heterocycles. The summed E-state index contributed by atoms with van der Waals surface area (Å²) >= 11 is 0. The summed E-state index contributed by atoms with van der Waals surface area (Å²) in [6.07, 6.45) is 6.07. The molecule has 0 amide bonds. The summed E-state index contributed by atoms with van der Waals surface area (Å²) in [5, 5.41) is 18.3. The molecule has 1 atom stereocenters. The normalized spacial score (nSPS) is 10.9. The summed E-state index contributed by atoms with van der Waals surface area (Å²) in [5.74, 6) is -2.03. The summed E-state index contributed by atoms with van der Waals surface area (Å²) in [5.41, 5.74) is 1.19. The second-order valence-corrected chi connectivity index (χ2v) is 5.91. The van der Waals surface area contributed by atoms with Crippen molar-refractivity contribution in [2.75, 3.05) is 20.3 Å². The Morgan fingerprint density at radius 3 is 2.41 bits per heavy atom. The van der Waals surface area contributed by atoms with Crippen LogP contribution in [0.3, 0.4) is 0 Å². The van der Waals surface area contributed by atoms with E-state index in [1.807, 2.05) is 18.2 Å². The fourth-order valence-electron chi connectivity index (χ4n) is 2.03. The van der Waals surface area contributed by atoms with Crippen molar-refractivity contribution < 1.29 is 29.3 Å². The lowest BCUT2D eigenvalue weighted by molar-refractivity contribution is -0.159. The van der Waals surface area contributed by atoms with E-state index in [4.69, 9.17) is 29.3 Å². The molecule has 0 spiro atoms. The first-order valence-electron chi connectivity index (χ1n) is 8.95. The molecule has 0 fully saturated rings. The Kier molecular flexibility index (Phi) is 13.2. The summed E-state index contributed by atoms with van der Waals surface area (Å²) < 4.78 is 11.2. The Hall–Kier alpha value is -2.54. The van der Waals surface area contributed by atoms with Crippen LogP contribution < -0.4 is 14.8 Å². The molecule has 0 heterocycles. The molecular weight excluding hydrogens is 350 g/mol. The minimum atomic E-state index is -1.82. The molecule has 152 valence electrons. The molecule has 7 nitrogen and oxygen atoms in total. The molecule has 1 unspecified atom stereocenters. The molecule has 0 aliphatic heterocycles. The van der Waals surface area contributed by atoms with Crippen LogP contribution in [0.15, 0.2) is 30.9 Å². The topological polar surface area (TPSA) is 105 Å². The van der Waals surface area contributed by atoms with Gasteiger partial charge in [0.1, 0.15) is 0 Å². The van der Waals surface area contributed by atoms with Crippen LogP contribution in [0.2, 0.25) is 0 Å². The number of methoxy groups -OCH3 is 1. The number of benzene rings is 1. The molecule has 0 aliphatic rings. The minimum absolute atomic E-state index is 0.600. The lowest BCUT2D eigenvalue weighted by Crippen LogP contribution is -2.26. The summed E-state index contributed by atoms with van der Waals surface area (Å²) in [6, 6.07) is 6.66. The number of ether oxygens (including phenoxy) is 2. The van der Waals surface area contributed by atoms with E-state index in [0.29, 0.717) is 6.04 Å². The molecule has 1 aromatic carbocycles. The third-order valence-electron chi connectivity index (χ3n) is 3.72. The SMILES string of the molecule is C=CCc1ccc(OCCCCNC(C)CC)c(OC)c1.O=C(O)C(=O)O. The van der Waals surface area contributed by atoms with Crippen molar-refractivity contribution in [2.24, 2.45) is 0 Å². The lowest BCUT2D eigenvalue weighted by Gasteiger charge is -2.13. The number of aliphatic carboxylic acids is 2. The van der Waals surface area contributed by atoms with Gasteiger partial charge in [0.15, 0.2) is 11.5 Å². The average Bonchev–Trinajstić information content (AvgIpc) is 2.65. The van der Waals surface area contributed by atoms with E-state index in [-0.39, 0.29) is 0 Å². The number of rotatable bonds is 11. The smallest absolute Gasteiger partial charge is 0.414 e. The zero-order valence-electron chi connectivity index (χ0n) is 16.4. The quantitative estimate of drug-likeness (QED) is 0.307. The fourth-order valence-corrected chi connectivity index (χ4v) is 2.03. The van der Waals surface area contributed by atoms with Gasteiger partial charge in [-0.2, -0.15) is 0 Å². The summed E-state index contributed by atoms with van der Waals surface area (Å²) in [4.78, 5) is 18.2. The molecular formula is C20H31NO6. The molecule has 1 aromatic rings. The van der Waals surface area contributed by atoms with Crippen LogP contribution >= 0.6 is 0 Å². The minimum Gasteiger partial charge on any atom is -0.493 e. The van der Waals surface area contributed by atoms with Crippen LogP contribution in [-0.4, -0.2) is 48.5 Å². The Morgan fingerprint density at radius 1 is 1.22 bits per heavy atom. The summed E-state index contributed by atoms with van der Waals surface area (Å²) in [7, 11) is 1.68. The number of carboxylic acids is 2. The number of nitrogens with one attached hydrogen (secondary N) is 1. The molecule has 0 aliphatic carbocycles. The van der Waals surface area contributed by atoms with Crippen molar-refractivity contribution in [2.45, 2.75) is 45.6 Å². The zero-order valence-corrected chi connectivity index (χ0v) is 16.4. The van der Waals surface area contributed by atoms with Gasteiger partial charge in [0.05, 0.1) is 13.7 Å². The predicted octanol–water partition coefficient (Wildman–Crippen LogP) is 3.13. The van der Waals surface area contributed by atoms with Crippen molar-refractivity contribution in [3.63, 3.8) is 0 Å². The highest BCUT2D eigenvalue weighted by atomic mass is 16.5. The maximum absolute atomic E-state index is 9.10. The van der Waals surface area contributed by atoms with Gasteiger partial charge in [0.25, 0.3) is 0 Å².